The van der Waals surface area contributed by atoms with Crippen molar-refractivity contribution in [2.75, 3.05) is 39.1 Å². The van der Waals surface area contributed by atoms with Crippen LogP contribution in [0.15, 0.2) is 22.7 Å². The minimum Gasteiger partial charge on any atom is -0.496 e. The molecule has 1 atom stereocenters. The third-order valence-electron chi connectivity index (χ3n) is 3.84. The number of amides is 2. The number of hydrogen-bond donors (Lipinski definition) is 0. The number of nitrogens with zero attached hydrogens (tertiary/aromatic N) is 2. The summed E-state index contributed by atoms with van der Waals surface area (Å²) in [6.07, 6.45) is -0.415. The van der Waals surface area contributed by atoms with Crippen LogP contribution in [0, 0.1) is 0 Å². The number of carbonyl (C=O) groups excluding carboxylic acids is 2. The molecule has 124 valence electrons. The molecule has 1 aromatic carbocycles. The van der Waals surface area contributed by atoms with Gasteiger partial charge in [-0.3, -0.25) is 9.69 Å². The summed E-state index contributed by atoms with van der Waals surface area (Å²) in [4.78, 5) is 27.4. The van der Waals surface area contributed by atoms with E-state index in [1.54, 1.807) is 23.8 Å². The van der Waals surface area contributed by atoms with Crippen LogP contribution in [0.4, 0.5) is 4.79 Å². The average molecular weight is 401 g/mol. The number of ether oxygens (including phenoxy) is 2. The van der Waals surface area contributed by atoms with Gasteiger partial charge in [-0.1, -0.05) is 15.9 Å². The number of benzene rings is 1. The van der Waals surface area contributed by atoms with Gasteiger partial charge in [0, 0.05) is 22.3 Å². The van der Waals surface area contributed by atoms with Gasteiger partial charge >= 0.3 is 6.09 Å². The molecule has 2 fully saturated rings. The highest BCUT2D eigenvalue weighted by Crippen LogP contribution is 2.42. The molecule has 8 heteroatoms. The summed E-state index contributed by atoms with van der Waals surface area (Å²) < 4.78 is 11.3. The van der Waals surface area contributed by atoms with E-state index in [2.05, 4.69) is 15.9 Å². The van der Waals surface area contributed by atoms with Crippen LogP contribution in [0.3, 0.4) is 0 Å². The van der Waals surface area contributed by atoms with Crippen LogP contribution in [0.2, 0.25) is 0 Å². The number of rotatable bonds is 4. The van der Waals surface area contributed by atoms with E-state index in [9.17, 15) is 9.59 Å². The van der Waals surface area contributed by atoms with Gasteiger partial charge in [0.05, 0.1) is 13.7 Å². The van der Waals surface area contributed by atoms with E-state index >= 15 is 0 Å². The number of cyclic esters (lactones) is 1. The Morgan fingerprint density at radius 3 is 3.00 bits per heavy atom. The highest BCUT2D eigenvalue weighted by molar-refractivity contribution is 9.10. The van der Waals surface area contributed by atoms with Crippen molar-refractivity contribution in [3.63, 3.8) is 0 Å². The maximum atomic E-state index is 12.6. The third kappa shape index (κ3) is 3.42. The predicted octanol–water partition coefficient (Wildman–Crippen LogP) is 2.48. The van der Waals surface area contributed by atoms with Crippen molar-refractivity contribution in [1.82, 2.24) is 9.80 Å². The van der Waals surface area contributed by atoms with E-state index in [-0.39, 0.29) is 17.8 Å². The topological polar surface area (TPSA) is 59.1 Å². The minimum absolute atomic E-state index is 0.0617. The first-order valence-electron chi connectivity index (χ1n) is 7.26. The molecule has 2 aliphatic rings. The van der Waals surface area contributed by atoms with Crippen LogP contribution < -0.4 is 4.74 Å². The fourth-order valence-corrected chi connectivity index (χ4v) is 4.38. The second kappa shape index (κ2) is 7.00. The lowest BCUT2D eigenvalue weighted by Gasteiger charge is -2.27. The van der Waals surface area contributed by atoms with E-state index in [1.165, 1.54) is 4.90 Å². The van der Waals surface area contributed by atoms with Crippen LogP contribution in [0.25, 0.3) is 0 Å². The molecule has 2 amide bonds. The van der Waals surface area contributed by atoms with Crippen LogP contribution in [0.5, 0.6) is 5.75 Å². The van der Waals surface area contributed by atoms with Gasteiger partial charge in [0.1, 0.15) is 24.3 Å². The van der Waals surface area contributed by atoms with Gasteiger partial charge in [0.2, 0.25) is 5.91 Å². The Morgan fingerprint density at radius 2 is 2.30 bits per heavy atom. The molecule has 0 aromatic heterocycles. The molecule has 1 unspecified atom stereocenters. The molecule has 0 spiro atoms. The SMILES string of the molecule is COc1ccc(Br)cc1C1SCCN1C(=O)CN1CCOC1=O. The fraction of sp³-hybridized carbons (Fsp3) is 0.467. The summed E-state index contributed by atoms with van der Waals surface area (Å²) in [5, 5.41) is -0.103. The Hall–Kier alpha value is -1.41. The Labute approximate surface area is 147 Å². The van der Waals surface area contributed by atoms with Crippen molar-refractivity contribution in [2.45, 2.75) is 5.37 Å². The standard InChI is InChI=1S/C15H17BrN2O4S/c1-21-12-3-2-10(16)8-11(12)14-18(5-7-23-14)13(19)9-17-4-6-22-15(17)20/h2-3,8,14H,4-7,9H2,1H3. The Morgan fingerprint density at radius 1 is 1.48 bits per heavy atom. The van der Waals surface area contributed by atoms with E-state index in [0.717, 1.165) is 21.5 Å². The van der Waals surface area contributed by atoms with Gasteiger partial charge in [-0.15, -0.1) is 11.8 Å². The lowest BCUT2D eigenvalue weighted by molar-refractivity contribution is -0.131. The second-order valence-corrected chi connectivity index (χ2v) is 7.34. The number of hydrogen-bond acceptors (Lipinski definition) is 5. The molecule has 6 nitrogen and oxygen atoms in total. The minimum atomic E-state index is -0.415. The van der Waals surface area contributed by atoms with Gasteiger partial charge in [-0.25, -0.2) is 4.79 Å². The third-order valence-corrected chi connectivity index (χ3v) is 5.58. The number of carbonyl (C=O) groups is 2. The van der Waals surface area contributed by atoms with E-state index < -0.39 is 6.09 Å². The summed E-state index contributed by atoms with van der Waals surface area (Å²) in [5.74, 6) is 1.54. The first-order valence-corrected chi connectivity index (χ1v) is 9.10. The summed E-state index contributed by atoms with van der Waals surface area (Å²) in [6, 6.07) is 5.78. The number of methoxy groups -OCH3 is 1. The summed E-state index contributed by atoms with van der Waals surface area (Å²) in [5.41, 5.74) is 0.960. The van der Waals surface area contributed by atoms with Gasteiger partial charge in [-0.2, -0.15) is 0 Å². The quantitative estimate of drug-likeness (QED) is 0.776. The van der Waals surface area contributed by atoms with Crippen LogP contribution in [-0.2, 0) is 9.53 Å². The molecule has 23 heavy (non-hydrogen) atoms. The van der Waals surface area contributed by atoms with Gasteiger partial charge in [-0.05, 0) is 18.2 Å². The highest BCUT2D eigenvalue weighted by Gasteiger charge is 2.35. The lowest BCUT2D eigenvalue weighted by Crippen LogP contribution is -2.40. The van der Waals surface area contributed by atoms with Crippen molar-refractivity contribution in [1.29, 1.82) is 0 Å². The molecule has 3 rings (SSSR count). The van der Waals surface area contributed by atoms with Gasteiger partial charge in [0.15, 0.2) is 0 Å². The molecule has 2 heterocycles. The largest absolute Gasteiger partial charge is 0.496 e. The Kier molecular flexibility index (Phi) is 5.01. The van der Waals surface area contributed by atoms with Crippen molar-refractivity contribution >= 4 is 39.7 Å². The Balaban J connectivity index is 1.78. The molecule has 0 N–H and O–H groups in total. The average Bonchev–Trinajstić information content (AvgIpc) is 3.17. The van der Waals surface area contributed by atoms with Gasteiger partial charge < -0.3 is 14.4 Å². The molecular weight excluding hydrogens is 384 g/mol. The zero-order chi connectivity index (χ0) is 16.4. The number of thioether (sulfide) groups is 1. The molecule has 0 saturated carbocycles. The Bertz CT molecular complexity index is 627. The van der Waals surface area contributed by atoms with Crippen molar-refractivity contribution in [2.24, 2.45) is 0 Å². The molecule has 0 aliphatic carbocycles. The van der Waals surface area contributed by atoms with Crippen LogP contribution in [-0.4, -0.2) is 60.9 Å². The molecule has 2 saturated heterocycles. The smallest absolute Gasteiger partial charge is 0.410 e. The fourth-order valence-electron chi connectivity index (χ4n) is 2.70. The molecule has 0 radical (unpaired) electrons. The maximum absolute atomic E-state index is 12.6. The second-order valence-electron chi connectivity index (χ2n) is 5.23. The van der Waals surface area contributed by atoms with Crippen molar-refractivity contribution < 1.29 is 19.1 Å². The molecular formula is C15H17BrN2O4S. The lowest BCUT2D eigenvalue weighted by atomic mass is 10.2. The molecule has 1 aromatic rings. The zero-order valence-corrected chi connectivity index (χ0v) is 15.1. The molecule has 2 aliphatic heterocycles. The first kappa shape index (κ1) is 16.4. The highest BCUT2D eigenvalue weighted by atomic mass is 79.9. The first-order chi connectivity index (χ1) is 11.1. The van der Waals surface area contributed by atoms with E-state index in [0.29, 0.717) is 19.7 Å². The molecule has 0 bridgehead atoms. The zero-order valence-electron chi connectivity index (χ0n) is 12.7. The summed E-state index contributed by atoms with van der Waals surface area (Å²) in [6.45, 7) is 1.54. The normalized spacial score (nSPS) is 20.8. The maximum Gasteiger partial charge on any atom is 0.410 e. The van der Waals surface area contributed by atoms with Crippen LogP contribution >= 0.6 is 27.7 Å². The van der Waals surface area contributed by atoms with Crippen molar-refractivity contribution in [3.05, 3.63) is 28.2 Å². The van der Waals surface area contributed by atoms with E-state index in [1.807, 2.05) is 18.2 Å². The van der Waals surface area contributed by atoms with Crippen LogP contribution in [0.1, 0.15) is 10.9 Å². The predicted molar refractivity (Wildman–Crippen MR) is 90.5 cm³/mol. The van der Waals surface area contributed by atoms with Gasteiger partial charge in [0.25, 0.3) is 0 Å². The summed E-state index contributed by atoms with van der Waals surface area (Å²) in [7, 11) is 1.62. The summed E-state index contributed by atoms with van der Waals surface area (Å²) >= 11 is 5.17. The number of halogens is 1. The monoisotopic (exact) mass is 400 g/mol. The van der Waals surface area contributed by atoms with E-state index in [4.69, 9.17) is 9.47 Å². The van der Waals surface area contributed by atoms with Crippen molar-refractivity contribution in [3.8, 4) is 5.75 Å².